The van der Waals surface area contributed by atoms with Crippen LogP contribution in [0.15, 0.2) is 42.5 Å². The van der Waals surface area contributed by atoms with Crippen molar-refractivity contribution in [2.45, 2.75) is 104 Å². The summed E-state index contributed by atoms with van der Waals surface area (Å²) < 4.78 is 42.7. The third-order valence-electron chi connectivity index (χ3n) is 9.44. The first-order chi connectivity index (χ1) is 23.3. The molecule has 1 saturated heterocycles. The number of anilines is 1. The van der Waals surface area contributed by atoms with Crippen LogP contribution < -0.4 is 9.64 Å². The van der Waals surface area contributed by atoms with Gasteiger partial charge in [0.1, 0.15) is 17.4 Å². The van der Waals surface area contributed by atoms with Crippen LogP contribution in [0.25, 0.3) is 28.0 Å². The molecular weight excluding hydrogens is 623 g/mol. The highest BCUT2D eigenvalue weighted by Crippen LogP contribution is 2.40. The van der Waals surface area contributed by atoms with Gasteiger partial charge in [-0.05, 0) is 104 Å². The van der Waals surface area contributed by atoms with Gasteiger partial charge in [-0.3, -0.25) is 0 Å². The molecule has 2 atom stereocenters. The molecule has 0 aliphatic carbocycles. The maximum Gasteiger partial charge on any atom is 0.340 e. The van der Waals surface area contributed by atoms with Crippen molar-refractivity contribution in [3.63, 3.8) is 0 Å². The highest BCUT2D eigenvalue weighted by atomic mass is 19.1. The van der Waals surface area contributed by atoms with Gasteiger partial charge in [0.05, 0.1) is 40.7 Å². The number of aromatic nitrogens is 3. The van der Waals surface area contributed by atoms with Crippen LogP contribution in [-0.4, -0.2) is 64.2 Å². The molecule has 0 amide bonds. The number of nitrogens with zero attached hydrogens (tertiary/aromatic N) is 4. The Bertz CT molecular complexity index is 1840. The lowest BCUT2D eigenvalue weighted by Gasteiger charge is -2.41. The van der Waals surface area contributed by atoms with Gasteiger partial charge in [0, 0.05) is 37.0 Å². The molecule has 3 aliphatic heterocycles. The Morgan fingerprint density at radius 1 is 1.12 bits per heavy atom. The lowest BCUT2D eigenvalue weighted by molar-refractivity contribution is -0.166. The Labute approximate surface area is 288 Å². The number of hydrogen-bond acceptors (Lipinski definition) is 8. The number of hydrogen-bond donors (Lipinski definition) is 0. The van der Waals surface area contributed by atoms with Gasteiger partial charge in [-0.15, -0.1) is 0 Å². The Hall–Kier alpha value is -4.02. The van der Waals surface area contributed by atoms with Gasteiger partial charge in [-0.1, -0.05) is 24.3 Å². The summed E-state index contributed by atoms with van der Waals surface area (Å²) in [5.41, 5.74) is 4.12. The van der Waals surface area contributed by atoms with E-state index in [1.165, 1.54) is 0 Å². The number of esters is 1. The Kier molecular flexibility index (Phi) is 9.74. The molecule has 0 spiro atoms. The predicted molar refractivity (Wildman–Crippen MR) is 189 cm³/mol. The molecule has 262 valence electrons. The topological polar surface area (TPSA) is 87.4 Å². The van der Waals surface area contributed by atoms with E-state index in [9.17, 15) is 4.79 Å². The van der Waals surface area contributed by atoms with Crippen LogP contribution >= 0.6 is 0 Å². The van der Waals surface area contributed by atoms with Crippen molar-refractivity contribution in [2.24, 2.45) is 0 Å². The second kappa shape index (κ2) is 13.7. The highest BCUT2D eigenvalue weighted by molar-refractivity contribution is 5.81. The predicted octanol–water partition coefficient (Wildman–Crippen LogP) is 8.18. The fourth-order valence-electron chi connectivity index (χ4n) is 6.83. The monoisotopic (exact) mass is 672 g/mol. The summed E-state index contributed by atoms with van der Waals surface area (Å²) in [7, 11) is 0. The van der Waals surface area contributed by atoms with Crippen LogP contribution in [0, 0.1) is 19.7 Å². The van der Waals surface area contributed by atoms with E-state index in [1.54, 1.807) is 19.9 Å². The van der Waals surface area contributed by atoms with E-state index in [2.05, 4.69) is 11.8 Å². The molecule has 5 heterocycles. The number of fused-ring (bicyclic) bond motifs is 7. The molecule has 49 heavy (non-hydrogen) atoms. The number of carbonyl (C=O) groups is 1. The van der Waals surface area contributed by atoms with Crippen molar-refractivity contribution in [3.05, 3.63) is 65.1 Å². The minimum Gasteiger partial charge on any atom is -0.490 e. The molecule has 1 fully saturated rings. The molecule has 3 aliphatic rings. The molecule has 4 aromatic rings. The molecule has 7 rings (SSSR count). The number of halogens is 1. The van der Waals surface area contributed by atoms with Crippen LogP contribution in [0.2, 0.25) is 0 Å². The Morgan fingerprint density at radius 2 is 1.86 bits per heavy atom. The van der Waals surface area contributed by atoms with Crippen LogP contribution in [0.3, 0.4) is 0 Å². The minimum atomic E-state index is -1.02. The lowest BCUT2D eigenvalue weighted by Crippen LogP contribution is -2.46. The van der Waals surface area contributed by atoms with E-state index in [0.29, 0.717) is 64.7 Å². The zero-order chi connectivity index (χ0) is 35.1. The fourth-order valence-corrected chi connectivity index (χ4v) is 6.83. The molecule has 2 aromatic heterocycles. The molecule has 9 nitrogen and oxygen atoms in total. The second-order valence-electron chi connectivity index (χ2n) is 14.6. The molecule has 0 saturated carbocycles. The van der Waals surface area contributed by atoms with E-state index in [1.807, 2.05) is 75.5 Å². The number of carbonyl (C=O) groups excluding carboxylic acids is 1. The number of rotatable bonds is 4. The van der Waals surface area contributed by atoms with Gasteiger partial charge in [-0.25, -0.2) is 14.2 Å². The van der Waals surface area contributed by atoms with E-state index in [0.717, 1.165) is 37.1 Å². The second-order valence-corrected chi connectivity index (χ2v) is 14.6. The smallest absolute Gasteiger partial charge is 0.340 e. The van der Waals surface area contributed by atoms with Crippen molar-refractivity contribution in [3.8, 4) is 28.1 Å². The average Bonchev–Trinajstić information content (AvgIpc) is 3.47. The van der Waals surface area contributed by atoms with E-state index in [4.69, 9.17) is 29.0 Å². The quantitative estimate of drug-likeness (QED) is 0.201. The molecule has 2 aromatic carbocycles. The first-order valence-corrected chi connectivity index (χ1v) is 17.5. The van der Waals surface area contributed by atoms with Crippen molar-refractivity contribution < 1.29 is 28.1 Å². The number of piperidine rings is 1. The lowest BCUT2D eigenvalue weighted by atomic mass is 9.92. The Balaban J connectivity index is 1.57. The number of ether oxygens (including phenoxy) is 4. The van der Waals surface area contributed by atoms with E-state index in [-0.39, 0.29) is 24.1 Å². The van der Waals surface area contributed by atoms with Crippen LogP contribution in [0.1, 0.15) is 90.2 Å². The van der Waals surface area contributed by atoms with Crippen LogP contribution in [0.4, 0.5) is 10.2 Å². The van der Waals surface area contributed by atoms with Crippen molar-refractivity contribution in [1.82, 2.24) is 14.6 Å². The summed E-state index contributed by atoms with van der Waals surface area (Å²) in [5, 5.41) is 5.12. The van der Waals surface area contributed by atoms with Gasteiger partial charge in [0.25, 0.3) is 0 Å². The molecule has 0 N–H and O–H groups in total. The summed E-state index contributed by atoms with van der Waals surface area (Å²) in [4.78, 5) is 20.9. The van der Waals surface area contributed by atoms with E-state index >= 15 is 4.39 Å². The summed E-state index contributed by atoms with van der Waals surface area (Å²) in [5.74, 6) is 0.483. The molecule has 0 unspecified atom stereocenters. The van der Waals surface area contributed by atoms with Gasteiger partial charge >= 0.3 is 5.97 Å². The maximum absolute atomic E-state index is 15.9. The van der Waals surface area contributed by atoms with Crippen molar-refractivity contribution in [1.29, 1.82) is 0 Å². The summed E-state index contributed by atoms with van der Waals surface area (Å²) in [6, 6.07) is 13.3. The largest absolute Gasteiger partial charge is 0.490 e. The van der Waals surface area contributed by atoms with Crippen molar-refractivity contribution >= 4 is 17.4 Å². The average molecular weight is 673 g/mol. The standard InChI is InChI=1S/C39H49FN4O5/c1-9-46-37(45)35(49-38(5,6)7)32-26(4)41-31-23-29-27-13-10-14-28(22-27)33-30(16-15-24(2)34(33)40)48-25(3)12-11-21-47-39(8)17-19-43(20-18-39)36(32)44(31)42-29/h10,13-16,22-23,25,35H,9,11-12,17-21H2,1-8H3/t25-,35-/m0/s1. The van der Waals surface area contributed by atoms with Crippen molar-refractivity contribution in [2.75, 3.05) is 31.2 Å². The van der Waals surface area contributed by atoms with Gasteiger partial charge < -0.3 is 23.8 Å². The maximum atomic E-state index is 15.9. The zero-order valence-corrected chi connectivity index (χ0v) is 30.1. The molecule has 10 heteroatoms. The number of aryl methyl sites for hydroxylation is 2. The van der Waals surface area contributed by atoms with E-state index < -0.39 is 17.7 Å². The third-order valence-corrected chi connectivity index (χ3v) is 9.44. The summed E-state index contributed by atoms with van der Waals surface area (Å²) in [6.07, 6.45) is 2.01. The minimum absolute atomic E-state index is 0.129. The fraction of sp³-hybridized carbons (Fsp3) is 0.513. The Morgan fingerprint density at radius 3 is 2.57 bits per heavy atom. The zero-order valence-electron chi connectivity index (χ0n) is 30.1. The third kappa shape index (κ3) is 7.31. The SMILES string of the molecule is CCOC(=O)[C@@H](OC(C)(C)C)c1c(C)nc2cc3nn2c1N1CCC(C)(CC1)OCCC[C@H](C)Oc1ccc(C)c(F)c1-c1cccc-3c1. The normalized spacial score (nSPS) is 20.7. The molecule has 6 bridgehead atoms. The highest BCUT2D eigenvalue weighted by Gasteiger charge is 2.38. The van der Waals surface area contributed by atoms with Gasteiger partial charge in [0.15, 0.2) is 11.8 Å². The van der Waals surface area contributed by atoms with Crippen LogP contribution in [0.5, 0.6) is 5.75 Å². The van der Waals surface area contributed by atoms with Crippen LogP contribution in [-0.2, 0) is 19.0 Å². The van der Waals surface area contributed by atoms with Gasteiger partial charge in [-0.2, -0.15) is 9.61 Å². The molecule has 0 radical (unpaired) electrons. The summed E-state index contributed by atoms with van der Waals surface area (Å²) in [6.45, 7) is 17.6. The first-order valence-electron chi connectivity index (χ1n) is 17.5. The van der Waals surface area contributed by atoms with Gasteiger partial charge in [0.2, 0.25) is 0 Å². The first kappa shape index (κ1) is 34.8. The summed E-state index contributed by atoms with van der Waals surface area (Å²) >= 11 is 0. The number of benzene rings is 2. The molecular formula is C39H49FN4O5.